The summed E-state index contributed by atoms with van der Waals surface area (Å²) in [7, 11) is 0. The highest BCUT2D eigenvalue weighted by Crippen LogP contribution is 2.39. The Morgan fingerprint density at radius 3 is 2.11 bits per heavy atom. The van der Waals surface area contributed by atoms with Crippen LogP contribution in [0.1, 0.15) is 5.56 Å². The molecular weight excluding hydrogens is 287 g/mol. The fraction of sp³-hybridized carbons (Fsp3) is 0.200. The van der Waals surface area contributed by atoms with Crippen molar-refractivity contribution in [2.45, 2.75) is 6.92 Å². The van der Waals surface area contributed by atoms with Crippen LogP contribution in [0.2, 0.25) is 4.34 Å². The second-order valence-electron chi connectivity index (χ2n) is 1.59. The Bertz CT molecular complexity index is 209. The lowest BCUT2D eigenvalue weighted by atomic mass is 10.4. The lowest BCUT2D eigenvalue weighted by Crippen LogP contribution is -1.62. The Morgan fingerprint density at radius 2 is 2.00 bits per heavy atom. The topological polar surface area (TPSA) is 0 Å². The van der Waals surface area contributed by atoms with Crippen LogP contribution < -0.4 is 0 Å². The summed E-state index contributed by atoms with van der Waals surface area (Å²) in [4.78, 5) is 0. The highest BCUT2D eigenvalue weighted by Gasteiger charge is 2.07. The molecule has 0 saturated carbocycles. The molecule has 9 heavy (non-hydrogen) atoms. The number of hydrogen-bond acceptors (Lipinski definition) is 1. The van der Waals surface area contributed by atoms with Crippen molar-refractivity contribution in [1.82, 2.24) is 0 Å². The van der Waals surface area contributed by atoms with E-state index in [9.17, 15) is 0 Å². The molecule has 0 saturated heterocycles. The SMILES string of the molecule is Cc1c(Br)sc(Cl)c1Br. The third-order valence-corrected chi connectivity index (χ3v) is 4.83. The van der Waals surface area contributed by atoms with Gasteiger partial charge in [-0.05, 0) is 44.3 Å². The van der Waals surface area contributed by atoms with Gasteiger partial charge < -0.3 is 0 Å². The number of thiophene rings is 1. The minimum Gasteiger partial charge on any atom is -0.115 e. The van der Waals surface area contributed by atoms with E-state index in [1.165, 1.54) is 16.9 Å². The van der Waals surface area contributed by atoms with Gasteiger partial charge in [0.1, 0.15) is 4.34 Å². The van der Waals surface area contributed by atoms with Crippen LogP contribution in [0.4, 0.5) is 0 Å². The molecule has 1 aromatic rings. The molecule has 0 radical (unpaired) electrons. The van der Waals surface area contributed by atoms with E-state index < -0.39 is 0 Å². The van der Waals surface area contributed by atoms with E-state index in [2.05, 4.69) is 31.9 Å². The normalized spacial score (nSPS) is 10.2. The Morgan fingerprint density at radius 1 is 1.44 bits per heavy atom. The van der Waals surface area contributed by atoms with Crippen LogP contribution in [-0.4, -0.2) is 0 Å². The molecule has 1 heterocycles. The van der Waals surface area contributed by atoms with Crippen molar-refractivity contribution in [1.29, 1.82) is 0 Å². The maximum absolute atomic E-state index is 5.78. The summed E-state index contributed by atoms with van der Waals surface area (Å²) in [5.74, 6) is 0. The molecule has 0 unspecified atom stereocenters. The molecule has 0 aliphatic carbocycles. The van der Waals surface area contributed by atoms with Crippen LogP contribution in [0.3, 0.4) is 0 Å². The van der Waals surface area contributed by atoms with Gasteiger partial charge in [-0.2, -0.15) is 0 Å². The van der Waals surface area contributed by atoms with E-state index >= 15 is 0 Å². The van der Waals surface area contributed by atoms with Gasteiger partial charge >= 0.3 is 0 Å². The fourth-order valence-electron chi connectivity index (χ4n) is 0.434. The lowest BCUT2D eigenvalue weighted by molar-refractivity contribution is 1.49. The number of rotatable bonds is 0. The van der Waals surface area contributed by atoms with Crippen molar-refractivity contribution >= 4 is 54.8 Å². The van der Waals surface area contributed by atoms with Crippen LogP contribution in [0.15, 0.2) is 8.26 Å². The Hall–Kier alpha value is 0.950. The zero-order valence-corrected chi connectivity index (χ0v) is 9.29. The minimum atomic E-state index is 0.805. The first-order valence-electron chi connectivity index (χ1n) is 2.23. The van der Waals surface area contributed by atoms with Crippen LogP contribution in [-0.2, 0) is 0 Å². The third kappa shape index (κ3) is 1.50. The zero-order valence-electron chi connectivity index (χ0n) is 4.54. The molecule has 0 nitrogen and oxygen atoms in total. The molecular formula is C5H3Br2ClS. The van der Waals surface area contributed by atoms with Crippen molar-refractivity contribution in [3.05, 3.63) is 18.2 Å². The maximum atomic E-state index is 5.78. The molecule has 0 aromatic carbocycles. The van der Waals surface area contributed by atoms with Gasteiger partial charge in [0.05, 0.1) is 8.26 Å². The van der Waals surface area contributed by atoms with Gasteiger partial charge in [0.25, 0.3) is 0 Å². The molecule has 0 bridgehead atoms. The predicted molar refractivity (Wildman–Crippen MR) is 49.5 cm³/mol. The molecule has 1 aromatic heterocycles. The van der Waals surface area contributed by atoms with Crippen LogP contribution >= 0.6 is 54.8 Å². The average molecular weight is 290 g/mol. The van der Waals surface area contributed by atoms with E-state index in [-0.39, 0.29) is 0 Å². The first-order valence-corrected chi connectivity index (χ1v) is 5.01. The van der Waals surface area contributed by atoms with Crippen molar-refractivity contribution in [2.24, 2.45) is 0 Å². The monoisotopic (exact) mass is 288 g/mol. The Balaban J connectivity index is 3.29. The van der Waals surface area contributed by atoms with E-state index in [0.717, 1.165) is 12.6 Å². The summed E-state index contributed by atoms with van der Waals surface area (Å²) in [6.45, 7) is 2.01. The van der Waals surface area contributed by atoms with Gasteiger partial charge in [0, 0.05) is 0 Å². The zero-order chi connectivity index (χ0) is 7.02. The number of halogens is 3. The van der Waals surface area contributed by atoms with Gasteiger partial charge in [-0.15, -0.1) is 11.3 Å². The van der Waals surface area contributed by atoms with Crippen LogP contribution in [0, 0.1) is 6.92 Å². The molecule has 0 aliphatic heterocycles. The van der Waals surface area contributed by atoms with Gasteiger partial charge in [0.2, 0.25) is 0 Å². The van der Waals surface area contributed by atoms with Crippen molar-refractivity contribution in [3.8, 4) is 0 Å². The molecule has 0 aliphatic rings. The third-order valence-electron chi connectivity index (χ3n) is 0.976. The summed E-state index contributed by atoms with van der Waals surface area (Å²) >= 11 is 14.0. The van der Waals surface area contributed by atoms with Crippen molar-refractivity contribution in [2.75, 3.05) is 0 Å². The molecule has 1 rings (SSSR count). The second kappa shape index (κ2) is 2.91. The minimum absolute atomic E-state index is 0.805. The molecule has 0 atom stereocenters. The van der Waals surface area contributed by atoms with E-state index in [0.29, 0.717) is 0 Å². The Labute approximate surface area is 79.5 Å². The first-order chi connectivity index (χ1) is 4.13. The van der Waals surface area contributed by atoms with Gasteiger partial charge in [-0.3, -0.25) is 0 Å². The molecule has 0 spiro atoms. The highest BCUT2D eigenvalue weighted by atomic mass is 79.9. The van der Waals surface area contributed by atoms with Crippen molar-refractivity contribution in [3.63, 3.8) is 0 Å². The molecule has 0 amide bonds. The molecule has 50 valence electrons. The largest absolute Gasteiger partial charge is 0.115 e. The molecule has 0 N–H and O–H groups in total. The van der Waals surface area contributed by atoms with Gasteiger partial charge in [-0.25, -0.2) is 0 Å². The first kappa shape index (κ1) is 8.05. The second-order valence-corrected chi connectivity index (χ2v) is 5.32. The Kier molecular flexibility index (Phi) is 2.60. The average Bonchev–Trinajstić information content (AvgIpc) is 1.98. The van der Waals surface area contributed by atoms with E-state index in [1.807, 2.05) is 6.92 Å². The summed E-state index contributed by atoms with van der Waals surface area (Å²) < 4.78 is 2.90. The highest BCUT2D eigenvalue weighted by molar-refractivity contribution is 9.11. The lowest BCUT2D eigenvalue weighted by Gasteiger charge is -1.84. The molecule has 0 fully saturated rings. The summed E-state index contributed by atoms with van der Waals surface area (Å²) in [6.07, 6.45) is 0. The summed E-state index contributed by atoms with van der Waals surface area (Å²) in [5.41, 5.74) is 1.17. The molecule has 4 heteroatoms. The van der Waals surface area contributed by atoms with Crippen LogP contribution in [0.5, 0.6) is 0 Å². The van der Waals surface area contributed by atoms with Crippen molar-refractivity contribution < 1.29 is 0 Å². The maximum Gasteiger partial charge on any atom is 0.108 e. The summed E-state index contributed by atoms with van der Waals surface area (Å²) in [5, 5.41) is 0. The van der Waals surface area contributed by atoms with E-state index in [4.69, 9.17) is 11.6 Å². The smallest absolute Gasteiger partial charge is 0.108 e. The van der Waals surface area contributed by atoms with Gasteiger partial charge in [0.15, 0.2) is 0 Å². The van der Waals surface area contributed by atoms with Gasteiger partial charge in [-0.1, -0.05) is 11.6 Å². The predicted octanol–water partition coefficient (Wildman–Crippen LogP) is 4.23. The fourth-order valence-corrected chi connectivity index (χ4v) is 3.26. The standard InChI is InChI=1S/C5H3Br2ClS/c1-2-3(6)5(8)9-4(2)7/h1H3. The van der Waals surface area contributed by atoms with Crippen LogP contribution in [0.25, 0.3) is 0 Å². The number of hydrogen-bond donors (Lipinski definition) is 0. The van der Waals surface area contributed by atoms with E-state index in [1.54, 1.807) is 0 Å². The summed E-state index contributed by atoms with van der Waals surface area (Å²) in [6, 6.07) is 0. The quantitative estimate of drug-likeness (QED) is 0.670.